The molecule has 0 spiro atoms. The summed E-state index contributed by atoms with van der Waals surface area (Å²) in [6, 6.07) is 8.57. The molecule has 1 N–H and O–H groups in total. The van der Waals surface area contributed by atoms with E-state index >= 15 is 0 Å². The molecule has 0 saturated carbocycles. The third kappa shape index (κ3) is 1.93. The monoisotopic (exact) mass is 241 g/mol. The number of benzene rings is 1. The summed E-state index contributed by atoms with van der Waals surface area (Å²) in [5.74, 6) is 0. The number of ether oxygens (including phenoxy) is 1. The summed E-state index contributed by atoms with van der Waals surface area (Å²) in [5, 5.41) is 3.36. The van der Waals surface area contributed by atoms with Crippen molar-refractivity contribution in [2.45, 2.75) is 19.2 Å². The average molecular weight is 242 g/mol. The average Bonchev–Trinajstić information content (AvgIpc) is 2.53. The van der Waals surface area contributed by atoms with Crippen molar-refractivity contribution < 1.29 is 4.74 Å². The first-order chi connectivity index (χ1) is 6.27. The van der Waals surface area contributed by atoms with E-state index in [1.165, 1.54) is 5.56 Å². The molecule has 3 heteroatoms. The molecule has 0 radical (unpaired) electrons. The number of halogens is 1. The zero-order valence-corrected chi connectivity index (χ0v) is 9.04. The van der Waals surface area contributed by atoms with Crippen molar-refractivity contribution in [1.82, 2.24) is 5.32 Å². The van der Waals surface area contributed by atoms with Crippen LogP contribution in [0.15, 0.2) is 28.7 Å². The molecule has 0 amide bonds. The van der Waals surface area contributed by atoms with Crippen LogP contribution in [-0.4, -0.2) is 12.6 Å². The van der Waals surface area contributed by atoms with Gasteiger partial charge in [0.15, 0.2) is 0 Å². The zero-order chi connectivity index (χ0) is 9.26. The van der Waals surface area contributed by atoms with Gasteiger partial charge in [0.2, 0.25) is 0 Å². The Labute approximate surface area is 86.4 Å². The van der Waals surface area contributed by atoms with Gasteiger partial charge >= 0.3 is 0 Å². The fraction of sp³-hybridized carbons (Fsp3) is 0.400. The van der Waals surface area contributed by atoms with Gasteiger partial charge in [-0.05, 0) is 13.0 Å². The molecule has 1 saturated heterocycles. The fourth-order valence-corrected chi connectivity index (χ4v) is 1.96. The molecule has 1 fully saturated rings. The first-order valence-electron chi connectivity index (χ1n) is 4.39. The molecular formula is C10H12BrNO. The molecule has 2 unspecified atom stereocenters. The summed E-state index contributed by atoms with van der Waals surface area (Å²) in [5.41, 5.74) is 1.17. The van der Waals surface area contributed by atoms with Gasteiger partial charge in [-0.15, -0.1) is 0 Å². The first kappa shape index (κ1) is 9.19. The molecule has 1 heterocycles. The summed E-state index contributed by atoms with van der Waals surface area (Å²) in [4.78, 5) is 0. The summed E-state index contributed by atoms with van der Waals surface area (Å²) < 4.78 is 6.69. The van der Waals surface area contributed by atoms with Gasteiger partial charge in [0.1, 0.15) is 6.23 Å². The molecule has 70 valence electrons. The van der Waals surface area contributed by atoms with Crippen LogP contribution in [0.3, 0.4) is 0 Å². The third-order valence-electron chi connectivity index (χ3n) is 2.14. The molecule has 2 nitrogen and oxygen atoms in total. The molecule has 2 atom stereocenters. The maximum atomic E-state index is 5.59. The standard InChI is InChI=1S/C10H12BrNO/c1-7-6-13-10(12-7)8-4-2-3-5-9(8)11/h2-5,7,10,12H,6H2,1H3. The molecule has 1 aromatic carbocycles. The molecule has 1 aliphatic rings. The minimum atomic E-state index is 0.0468. The van der Waals surface area contributed by atoms with Gasteiger partial charge in [-0.3, -0.25) is 5.32 Å². The van der Waals surface area contributed by atoms with Crippen LogP contribution in [-0.2, 0) is 4.74 Å². The normalized spacial score (nSPS) is 27.8. The second kappa shape index (κ2) is 3.78. The van der Waals surface area contributed by atoms with Crippen molar-refractivity contribution in [2.75, 3.05) is 6.61 Å². The fourth-order valence-electron chi connectivity index (χ4n) is 1.46. The highest BCUT2D eigenvalue weighted by molar-refractivity contribution is 9.10. The SMILES string of the molecule is CC1COC(c2ccccc2Br)N1. The maximum absolute atomic E-state index is 5.59. The highest BCUT2D eigenvalue weighted by atomic mass is 79.9. The van der Waals surface area contributed by atoms with Crippen LogP contribution in [0.25, 0.3) is 0 Å². The molecule has 0 aliphatic carbocycles. The summed E-state index contributed by atoms with van der Waals surface area (Å²) in [6.07, 6.45) is 0.0468. The van der Waals surface area contributed by atoms with Crippen LogP contribution in [0.1, 0.15) is 18.7 Å². The quantitative estimate of drug-likeness (QED) is 0.816. The van der Waals surface area contributed by atoms with Gasteiger partial charge < -0.3 is 4.74 Å². The number of hydrogen-bond donors (Lipinski definition) is 1. The highest BCUT2D eigenvalue weighted by Crippen LogP contribution is 2.26. The smallest absolute Gasteiger partial charge is 0.135 e. The van der Waals surface area contributed by atoms with E-state index in [0.717, 1.165) is 11.1 Å². The van der Waals surface area contributed by atoms with Crippen LogP contribution < -0.4 is 5.32 Å². The van der Waals surface area contributed by atoms with Crippen molar-refractivity contribution in [3.63, 3.8) is 0 Å². The van der Waals surface area contributed by atoms with E-state index in [4.69, 9.17) is 4.74 Å². The Bertz CT molecular complexity index is 303. The van der Waals surface area contributed by atoms with E-state index in [9.17, 15) is 0 Å². The molecule has 1 aliphatic heterocycles. The van der Waals surface area contributed by atoms with E-state index in [1.54, 1.807) is 0 Å². The Hall–Kier alpha value is -0.380. The summed E-state index contributed by atoms with van der Waals surface area (Å²) in [6.45, 7) is 2.91. The Morgan fingerprint density at radius 2 is 2.23 bits per heavy atom. The largest absolute Gasteiger partial charge is 0.357 e. The Morgan fingerprint density at radius 1 is 1.46 bits per heavy atom. The summed E-state index contributed by atoms with van der Waals surface area (Å²) in [7, 11) is 0. The number of hydrogen-bond acceptors (Lipinski definition) is 2. The van der Waals surface area contributed by atoms with E-state index in [1.807, 2.05) is 18.2 Å². The lowest BCUT2D eigenvalue weighted by Crippen LogP contribution is -2.22. The molecular weight excluding hydrogens is 230 g/mol. The minimum absolute atomic E-state index is 0.0468. The lowest BCUT2D eigenvalue weighted by molar-refractivity contribution is 0.100. The molecule has 2 rings (SSSR count). The van der Waals surface area contributed by atoms with Crippen LogP contribution in [0.4, 0.5) is 0 Å². The van der Waals surface area contributed by atoms with Crippen LogP contribution >= 0.6 is 15.9 Å². The van der Waals surface area contributed by atoms with Crippen molar-refractivity contribution in [3.05, 3.63) is 34.3 Å². The van der Waals surface area contributed by atoms with Crippen LogP contribution in [0.2, 0.25) is 0 Å². The van der Waals surface area contributed by atoms with Crippen molar-refractivity contribution in [3.8, 4) is 0 Å². The van der Waals surface area contributed by atoms with Gasteiger partial charge in [-0.25, -0.2) is 0 Å². The van der Waals surface area contributed by atoms with Gasteiger partial charge in [0, 0.05) is 16.1 Å². The zero-order valence-electron chi connectivity index (χ0n) is 7.46. The predicted octanol–water partition coefficient (Wildman–Crippen LogP) is 2.46. The number of nitrogens with one attached hydrogen (secondary N) is 1. The molecule has 13 heavy (non-hydrogen) atoms. The lowest BCUT2D eigenvalue weighted by atomic mass is 10.2. The predicted molar refractivity (Wildman–Crippen MR) is 55.4 cm³/mol. The van der Waals surface area contributed by atoms with E-state index in [2.05, 4.69) is 34.2 Å². The maximum Gasteiger partial charge on any atom is 0.135 e. The second-order valence-electron chi connectivity index (χ2n) is 3.30. The highest BCUT2D eigenvalue weighted by Gasteiger charge is 2.23. The van der Waals surface area contributed by atoms with E-state index in [-0.39, 0.29) is 6.23 Å². The topological polar surface area (TPSA) is 21.3 Å². The van der Waals surface area contributed by atoms with Crippen molar-refractivity contribution in [2.24, 2.45) is 0 Å². The van der Waals surface area contributed by atoms with Gasteiger partial charge in [-0.1, -0.05) is 34.1 Å². The van der Waals surface area contributed by atoms with Gasteiger partial charge in [-0.2, -0.15) is 0 Å². The van der Waals surface area contributed by atoms with Crippen molar-refractivity contribution in [1.29, 1.82) is 0 Å². The Kier molecular flexibility index (Phi) is 2.67. The van der Waals surface area contributed by atoms with E-state index < -0.39 is 0 Å². The first-order valence-corrected chi connectivity index (χ1v) is 5.19. The Morgan fingerprint density at radius 3 is 2.85 bits per heavy atom. The van der Waals surface area contributed by atoms with Crippen molar-refractivity contribution >= 4 is 15.9 Å². The molecule has 0 bridgehead atoms. The molecule has 1 aromatic rings. The van der Waals surface area contributed by atoms with Gasteiger partial charge in [0.25, 0.3) is 0 Å². The van der Waals surface area contributed by atoms with Gasteiger partial charge in [0.05, 0.1) is 6.61 Å². The molecule has 0 aromatic heterocycles. The minimum Gasteiger partial charge on any atom is -0.357 e. The van der Waals surface area contributed by atoms with E-state index in [0.29, 0.717) is 6.04 Å². The van der Waals surface area contributed by atoms with Crippen LogP contribution in [0, 0.1) is 0 Å². The second-order valence-corrected chi connectivity index (χ2v) is 4.16. The third-order valence-corrected chi connectivity index (χ3v) is 2.86. The summed E-state index contributed by atoms with van der Waals surface area (Å²) >= 11 is 3.51. The number of rotatable bonds is 1. The Balaban J connectivity index is 2.21. The van der Waals surface area contributed by atoms with Crippen LogP contribution in [0.5, 0.6) is 0 Å². The lowest BCUT2D eigenvalue weighted by Gasteiger charge is -2.12.